The van der Waals surface area contributed by atoms with Crippen molar-refractivity contribution in [2.75, 3.05) is 0 Å². The first-order valence-electron chi connectivity index (χ1n) is 7.62. The molecule has 3 N–H and O–H groups in total. The molecule has 106 valence electrons. The average Bonchev–Trinajstić information content (AvgIpc) is 2.99. The fraction of sp³-hybridized carbons (Fsp3) is 0.867. The molecule has 0 spiro atoms. The number of nitrogens with two attached hydrogens (primary N) is 1. The minimum Gasteiger partial charge on any atom is -0.391 e. The van der Waals surface area contributed by atoms with Gasteiger partial charge in [0, 0.05) is 5.92 Å². The lowest BCUT2D eigenvalue weighted by molar-refractivity contribution is -0.126. The van der Waals surface area contributed by atoms with Crippen molar-refractivity contribution in [3.05, 3.63) is 0 Å². The van der Waals surface area contributed by atoms with Gasteiger partial charge in [0.05, 0.1) is 10.5 Å². The molecule has 4 heteroatoms. The van der Waals surface area contributed by atoms with E-state index in [2.05, 4.69) is 12.2 Å². The number of rotatable bonds is 3. The summed E-state index contributed by atoms with van der Waals surface area (Å²) in [4.78, 5) is 12.9. The van der Waals surface area contributed by atoms with Gasteiger partial charge in [-0.25, -0.2) is 0 Å². The number of amides is 1. The van der Waals surface area contributed by atoms with Crippen LogP contribution < -0.4 is 11.1 Å². The molecule has 2 unspecified atom stereocenters. The smallest absolute Gasteiger partial charge is 0.223 e. The van der Waals surface area contributed by atoms with Gasteiger partial charge < -0.3 is 11.1 Å². The molecule has 1 amide bonds. The molecule has 3 rings (SSSR count). The Bertz CT molecular complexity index is 391. The third-order valence-electron chi connectivity index (χ3n) is 5.58. The van der Waals surface area contributed by atoms with Gasteiger partial charge in [-0.15, -0.1) is 0 Å². The normalized spacial score (nSPS) is 44.5. The summed E-state index contributed by atoms with van der Waals surface area (Å²) in [5, 5.41) is 3.23. The van der Waals surface area contributed by atoms with Crippen LogP contribution in [0.3, 0.4) is 0 Å². The number of hydrogen-bond acceptors (Lipinski definition) is 2. The first-order valence-corrected chi connectivity index (χ1v) is 8.03. The zero-order valence-corrected chi connectivity index (χ0v) is 12.5. The molecular formula is C15H24N2OS. The van der Waals surface area contributed by atoms with E-state index in [-0.39, 0.29) is 11.8 Å². The minimum absolute atomic E-state index is 0.203. The monoisotopic (exact) mass is 280 g/mol. The Morgan fingerprint density at radius 3 is 2.32 bits per heavy atom. The quantitative estimate of drug-likeness (QED) is 0.780. The maximum absolute atomic E-state index is 12.4. The Morgan fingerprint density at radius 2 is 1.79 bits per heavy atom. The van der Waals surface area contributed by atoms with Crippen LogP contribution in [0.1, 0.15) is 51.9 Å². The molecule has 2 atom stereocenters. The van der Waals surface area contributed by atoms with Crippen LogP contribution in [0.2, 0.25) is 0 Å². The van der Waals surface area contributed by atoms with E-state index in [1.54, 1.807) is 0 Å². The van der Waals surface area contributed by atoms with Gasteiger partial charge in [-0.05, 0) is 62.7 Å². The zero-order chi connectivity index (χ0) is 13.6. The number of nitrogens with one attached hydrogen (secondary N) is 1. The van der Waals surface area contributed by atoms with E-state index < -0.39 is 5.54 Å². The van der Waals surface area contributed by atoms with Crippen molar-refractivity contribution in [2.45, 2.75) is 57.4 Å². The van der Waals surface area contributed by atoms with Crippen LogP contribution in [-0.2, 0) is 4.79 Å². The van der Waals surface area contributed by atoms with Crippen molar-refractivity contribution in [1.82, 2.24) is 5.32 Å². The third-order valence-corrected chi connectivity index (χ3v) is 5.97. The summed E-state index contributed by atoms with van der Waals surface area (Å²) in [6, 6.07) is 0. The summed E-state index contributed by atoms with van der Waals surface area (Å²) in [7, 11) is 0. The standard InChI is InChI=1S/C15H24N2OS/c1-9-2-4-15(5-3-9,14(16)19)17-13(18)12-7-10-6-11(10)8-12/h9-12H,2-8H2,1H3,(H2,16,19)(H,17,18). The maximum Gasteiger partial charge on any atom is 0.223 e. The highest BCUT2D eigenvalue weighted by Gasteiger charge is 2.49. The number of thiocarbonyl (C=S) groups is 1. The largest absolute Gasteiger partial charge is 0.391 e. The first kappa shape index (κ1) is 13.3. The predicted molar refractivity (Wildman–Crippen MR) is 79.6 cm³/mol. The number of carbonyl (C=O) groups excluding carboxylic acids is 1. The van der Waals surface area contributed by atoms with E-state index in [0.29, 0.717) is 4.99 Å². The minimum atomic E-state index is -0.397. The SMILES string of the molecule is CC1CCC(NC(=O)C2CC3CC3C2)(C(N)=S)CC1. The first-order chi connectivity index (χ1) is 9.00. The molecule has 0 aromatic heterocycles. The van der Waals surface area contributed by atoms with Gasteiger partial charge in [0.25, 0.3) is 0 Å². The van der Waals surface area contributed by atoms with Gasteiger partial charge in [0.1, 0.15) is 0 Å². The van der Waals surface area contributed by atoms with Crippen LogP contribution in [-0.4, -0.2) is 16.4 Å². The highest BCUT2D eigenvalue weighted by Crippen LogP contribution is 2.54. The molecule has 3 saturated carbocycles. The second-order valence-electron chi connectivity index (χ2n) is 7.04. The van der Waals surface area contributed by atoms with Crippen molar-refractivity contribution in [2.24, 2.45) is 29.4 Å². The van der Waals surface area contributed by atoms with Gasteiger partial charge in [-0.1, -0.05) is 19.1 Å². The molecular weight excluding hydrogens is 256 g/mol. The second kappa shape index (κ2) is 4.72. The van der Waals surface area contributed by atoms with Crippen molar-refractivity contribution < 1.29 is 4.79 Å². The fourth-order valence-corrected chi connectivity index (χ4v) is 4.21. The summed E-state index contributed by atoms with van der Waals surface area (Å²) in [5.74, 6) is 2.81. The molecule has 0 radical (unpaired) electrons. The predicted octanol–water partition coefficient (Wildman–Crippen LogP) is 2.38. The Hall–Kier alpha value is -0.640. The zero-order valence-electron chi connectivity index (χ0n) is 11.7. The maximum atomic E-state index is 12.4. The average molecular weight is 280 g/mol. The highest BCUT2D eigenvalue weighted by molar-refractivity contribution is 7.80. The molecule has 3 aliphatic carbocycles. The molecule has 3 aliphatic rings. The van der Waals surface area contributed by atoms with E-state index in [1.807, 2.05) is 0 Å². The highest BCUT2D eigenvalue weighted by atomic mass is 32.1. The molecule has 0 aliphatic heterocycles. The molecule has 0 aromatic rings. The lowest BCUT2D eigenvalue weighted by Gasteiger charge is -2.40. The second-order valence-corrected chi connectivity index (χ2v) is 7.48. The summed E-state index contributed by atoms with van der Waals surface area (Å²) in [6.45, 7) is 2.26. The summed E-state index contributed by atoms with van der Waals surface area (Å²) in [5.41, 5.74) is 5.55. The Morgan fingerprint density at radius 1 is 1.21 bits per heavy atom. The Labute approximate surface area is 120 Å². The summed E-state index contributed by atoms with van der Waals surface area (Å²) >= 11 is 5.25. The third kappa shape index (κ3) is 2.51. The van der Waals surface area contributed by atoms with Crippen LogP contribution in [0, 0.1) is 23.7 Å². The lowest BCUT2D eigenvalue weighted by atomic mass is 9.76. The molecule has 0 bridgehead atoms. The Kier molecular flexibility index (Phi) is 3.32. The van der Waals surface area contributed by atoms with Gasteiger partial charge in [0.15, 0.2) is 0 Å². The van der Waals surface area contributed by atoms with Crippen molar-refractivity contribution in [3.63, 3.8) is 0 Å². The van der Waals surface area contributed by atoms with Crippen LogP contribution in [0.4, 0.5) is 0 Å². The van der Waals surface area contributed by atoms with Gasteiger partial charge in [0.2, 0.25) is 5.91 Å². The van der Waals surface area contributed by atoms with Gasteiger partial charge in [-0.3, -0.25) is 4.79 Å². The van der Waals surface area contributed by atoms with Crippen molar-refractivity contribution >= 4 is 23.1 Å². The van der Waals surface area contributed by atoms with Crippen molar-refractivity contribution in [3.8, 4) is 0 Å². The molecule has 3 nitrogen and oxygen atoms in total. The molecule has 19 heavy (non-hydrogen) atoms. The summed E-state index contributed by atoms with van der Waals surface area (Å²) in [6.07, 6.45) is 7.55. The molecule has 0 heterocycles. The number of fused-ring (bicyclic) bond motifs is 1. The lowest BCUT2D eigenvalue weighted by Crippen LogP contribution is -2.59. The number of hydrogen-bond donors (Lipinski definition) is 2. The fourth-order valence-electron chi connectivity index (χ4n) is 3.95. The van der Waals surface area contributed by atoms with E-state index in [4.69, 9.17) is 18.0 Å². The van der Waals surface area contributed by atoms with E-state index in [9.17, 15) is 4.79 Å². The van der Waals surface area contributed by atoms with Crippen LogP contribution >= 0.6 is 12.2 Å². The van der Waals surface area contributed by atoms with E-state index >= 15 is 0 Å². The van der Waals surface area contributed by atoms with Gasteiger partial charge in [-0.2, -0.15) is 0 Å². The van der Waals surface area contributed by atoms with Crippen LogP contribution in [0.15, 0.2) is 0 Å². The molecule has 0 aromatic carbocycles. The van der Waals surface area contributed by atoms with Gasteiger partial charge >= 0.3 is 0 Å². The van der Waals surface area contributed by atoms with E-state index in [1.165, 1.54) is 6.42 Å². The molecule has 3 fully saturated rings. The van der Waals surface area contributed by atoms with Crippen LogP contribution in [0.5, 0.6) is 0 Å². The van der Waals surface area contributed by atoms with Crippen LogP contribution in [0.25, 0.3) is 0 Å². The van der Waals surface area contributed by atoms with E-state index in [0.717, 1.165) is 56.3 Å². The Balaban J connectivity index is 1.64. The number of carbonyl (C=O) groups is 1. The van der Waals surface area contributed by atoms with Crippen molar-refractivity contribution in [1.29, 1.82) is 0 Å². The topological polar surface area (TPSA) is 55.1 Å². The molecule has 0 saturated heterocycles. The summed E-state index contributed by atoms with van der Waals surface area (Å²) < 4.78 is 0.